The van der Waals surface area contributed by atoms with Crippen LogP contribution < -0.4 is 19.1 Å². The van der Waals surface area contributed by atoms with Crippen LogP contribution in [0.5, 0.6) is 11.5 Å². The molecule has 2 aromatic carbocycles. The summed E-state index contributed by atoms with van der Waals surface area (Å²) in [5.74, 6) is -2.43. The Balaban J connectivity index is 2.00. The summed E-state index contributed by atoms with van der Waals surface area (Å²) in [5, 5.41) is 13.3. The van der Waals surface area contributed by atoms with Crippen LogP contribution in [-0.2, 0) is 5.72 Å². The van der Waals surface area contributed by atoms with Crippen molar-refractivity contribution in [1.29, 1.82) is 0 Å². The number of ether oxygens (including phenoxy) is 2. The number of rotatable bonds is 1. The van der Waals surface area contributed by atoms with Crippen LogP contribution in [-0.4, -0.2) is 34.2 Å². The second-order valence-electron chi connectivity index (χ2n) is 5.43. The number of halogens is 4. The molecule has 2 radical (unpaired) electrons. The minimum absolute atomic E-state index is 0.0213. The minimum atomic E-state index is -3.94. The molecule has 1 amide bonds. The molecule has 0 bridgehead atoms. The predicted molar refractivity (Wildman–Crippen MR) is 79.9 cm³/mol. The van der Waals surface area contributed by atoms with Crippen molar-refractivity contribution in [2.24, 2.45) is 0 Å². The fraction of sp³-hybridized carbons (Fsp3) is 0.133. The molecule has 4 rings (SSSR count). The van der Waals surface area contributed by atoms with Gasteiger partial charge >= 0.3 is 152 Å². The van der Waals surface area contributed by atoms with E-state index >= 15 is 0 Å². The third-order valence-electron chi connectivity index (χ3n) is 3.88. The Hall–Kier alpha value is -1.89. The summed E-state index contributed by atoms with van der Waals surface area (Å²) in [6, 6.07) is 4.41. The van der Waals surface area contributed by atoms with Crippen molar-refractivity contribution in [2.45, 2.75) is 12.0 Å². The third-order valence-corrected chi connectivity index (χ3v) is 4.95. The summed E-state index contributed by atoms with van der Waals surface area (Å²) in [7, 11) is 0. The van der Waals surface area contributed by atoms with Gasteiger partial charge in [0.2, 0.25) is 0 Å². The topological polar surface area (TPSA) is 67.8 Å². The fourth-order valence-corrected chi connectivity index (χ4v) is 3.99. The summed E-state index contributed by atoms with van der Waals surface area (Å²) in [4.78, 5) is 12.4. The van der Waals surface area contributed by atoms with Gasteiger partial charge in [0, 0.05) is 0 Å². The number of alkyl halides is 2. The number of aliphatic hydroxyl groups is 1. The van der Waals surface area contributed by atoms with Gasteiger partial charge in [0.1, 0.15) is 0 Å². The van der Waals surface area contributed by atoms with Crippen LogP contribution in [0.15, 0.2) is 24.3 Å². The Labute approximate surface area is 152 Å². The van der Waals surface area contributed by atoms with Crippen LogP contribution in [0, 0.1) is 5.82 Å². The fourth-order valence-electron chi connectivity index (χ4n) is 2.92. The van der Waals surface area contributed by atoms with E-state index in [4.69, 9.17) is 11.6 Å². The van der Waals surface area contributed by atoms with Gasteiger partial charge in [-0.15, -0.1) is 0 Å². The van der Waals surface area contributed by atoms with E-state index in [-0.39, 0.29) is 31.8 Å². The Morgan fingerprint density at radius 3 is 2.68 bits per heavy atom. The maximum absolute atomic E-state index is 13.6. The van der Waals surface area contributed by atoms with Gasteiger partial charge in [-0.3, -0.25) is 0 Å². The number of nitrogens with one attached hydrogen (secondary N) is 1. The van der Waals surface area contributed by atoms with Gasteiger partial charge in [-0.05, 0) is 0 Å². The zero-order chi connectivity index (χ0) is 18.1. The summed E-state index contributed by atoms with van der Waals surface area (Å²) in [6.07, 6.45) is -3.94. The molecule has 10 heteroatoms. The van der Waals surface area contributed by atoms with Gasteiger partial charge in [0.15, 0.2) is 0 Å². The second-order valence-corrected chi connectivity index (χ2v) is 6.85. The summed E-state index contributed by atoms with van der Waals surface area (Å²) >= 11 is 8.06. The van der Waals surface area contributed by atoms with Crippen molar-refractivity contribution >= 4 is 38.7 Å². The van der Waals surface area contributed by atoms with Gasteiger partial charge in [0.25, 0.3) is 0 Å². The molecular formula is C15H6AsClF3NO4. The molecule has 1 unspecified atom stereocenters. The molecule has 128 valence electrons. The van der Waals surface area contributed by atoms with Crippen molar-refractivity contribution in [3.63, 3.8) is 0 Å². The molecule has 0 saturated heterocycles. The van der Waals surface area contributed by atoms with Crippen LogP contribution >= 0.6 is 11.6 Å². The van der Waals surface area contributed by atoms with Crippen LogP contribution in [0.25, 0.3) is 0 Å². The molecule has 0 fully saturated rings. The molecule has 0 spiro atoms. The predicted octanol–water partition coefficient (Wildman–Crippen LogP) is 1.53. The number of hydrogen-bond acceptors (Lipinski definition) is 4. The van der Waals surface area contributed by atoms with Crippen LogP contribution in [0.1, 0.15) is 21.5 Å². The molecule has 0 saturated carbocycles. The average Bonchev–Trinajstić information content (AvgIpc) is 2.95. The molecule has 1 atom stereocenters. The first-order valence-corrected chi connectivity index (χ1v) is 8.11. The average molecular weight is 432 g/mol. The maximum atomic E-state index is 13.6. The second kappa shape index (κ2) is 5.06. The Morgan fingerprint density at radius 2 is 1.96 bits per heavy atom. The van der Waals surface area contributed by atoms with Crippen LogP contribution in [0.3, 0.4) is 0 Å². The molecular weight excluding hydrogens is 426 g/mol. The zero-order valence-corrected chi connectivity index (χ0v) is 14.6. The first-order valence-electron chi connectivity index (χ1n) is 6.79. The van der Waals surface area contributed by atoms with E-state index in [0.29, 0.717) is 0 Å². The van der Waals surface area contributed by atoms with E-state index in [1.54, 1.807) is 0 Å². The number of carbonyl (C=O) groups is 1. The van der Waals surface area contributed by atoms with Crippen LogP contribution in [0.4, 0.5) is 13.2 Å². The monoisotopic (exact) mass is 431 g/mol. The number of amides is 1. The van der Waals surface area contributed by atoms with E-state index in [1.165, 1.54) is 12.1 Å². The molecule has 2 aliphatic rings. The Bertz CT molecular complexity index is 955. The number of hydrogen-bond donors (Lipinski definition) is 2. The van der Waals surface area contributed by atoms with E-state index in [2.05, 4.69) is 14.8 Å². The molecule has 2 aromatic rings. The molecule has 2 aliphatic heterocycles. The van der Waals surface area contributed by atoms with Crippen molar-refractivity contribution in [3.05, 3.63) is 51.8 Å². The van der Waals surface area contributed by atoms with Crippen LogP contribution in [0.2, 0.25) is 5.02 Å². The number of carbonyl (C=O) groups excluding carboxylic acids is 1. The Kier molecular flexibility index (Phi) is 3.36. The zero-order valence-electron chi connectivity index (χ0n) is 11.9. The van der Waals surface area contributed by atoms with Gasteiger partial charge in [0.05, 0.1) is 0 Å². The van der Waals surface area contributed by atoms with Gasteiger partial charge in [-0.2, -0.15) is 0 Å². The van der Waals surface area contributed by atoms with Crippen molar-refractivity contribution in [2.75, 3.05) is 0 Å². The van der Waals surface area contributed by atoms with Gasteiger partial charge in [-0.25, -0.2) is 0 Å². The van der Waals surface area contributed by atoms with Gasteiger partial charge < -0.3 is 0 Å². The normalized spacial score (nSPS) is 22.7. The summed E-state index contributed by atoms with van der Waals surface area (Å²) in [5.41, 5.74) is -2.76. The van der Waals surface area contributed by atoms with E-state index in [1.807, 2.05) is 16.9 Å². The molecule has 5 nitrogen and oxygen atoms in total. The Morgan fingerprint density at radius 1 is 1.24 bits per heavy atom. The molecule has 25 heavy (non-hydrogen) atoms. The third kappa shape index (κ3) is 2.32. The molecule has 2 heterocycles. The summed E-state index contributed by atoms with van der Waals surface area (Å²) < 4.78 is 49.4. The molecule has 0 aromatic heterocycles. The van der Waals surface area contributed by atoms with E-state index in [0.717, 1.165) is 12.1 Å². The molecule has 2 N–H and O–H groups in total. The first-order chi connectivity index (χ1) is 11.6. The number of benzene rings is 2. The first kappa shape index (κ1) is 16.6. The van der Waals surface area contributed by atoms with Crippen molar-refractivity contribution in [3.8, 4) is 11.5 Å². The quantitative estimate of drug-likeness (QED) is 0.672. The van der Waals surface area contributed by atoms with E-state index in [9.17, 15) is 23.1 Å². The SMILES string of the molecule is O=C1NC(O)(c2cc(F)ccc2Cl)c2c([As])cc3c(c21)OC(F)(F)O3. The molecule has 0 aliphatic carbocycles. The number of fused-ring (bicyclic) bond motifs is 3. The van der Waals surface area contributed by atoms with Crippen molar-refractivity contribution in [1.82, 2.24) is 5.32 Å². The summed E-state index contributed by atoms with van der Waals surface area (Å²) in [6.45, 7) is 0. The van der Waals surface area contributed by atoms with Gasteiger partial charge in [-0.1, -0.05) is 0 Å². The van der Waals surface area contributed by atoms with Crippen molar-refractivity contribution < 1.29 is 32.5 Å². The van der Waals surface area contributed by atoms with E-state index < -0.39 is 29.5 Å². The standard InChI is InChI=1S/C15H6AsClF3NO4/c16-7-4-9-12(25-15(19,20)24-9)10-11(7)14(23,21-13(10)22)6-3-5(18)1-2-8(6)17/h1-4,23H,(H,21,22).